The Labute approximate surface area is 101 Å². The number of hydrogen-bond donors (Lipinski definition) is 0. The van der Waals surface area contributed by atoms with E-state index in [1.54, 1.807) is 19.2 Å². The Hall–Kier alpha value is -2.09. The van der Waals surface area contributed by atoms with Crippen molar-refractivity contribution < 1.29 is 4.92 Å². The van der Waals surface area contributed by atoms with Gasteiger partial charge in [0.2, 0.25) is 5.82 Å². The van der Waals surface area contributed by atoms with E-state index in [1.807, 2.05) is 6.92 Å². The average molecular weight is 251 g/mol. The molecule has 0 spiro atoms. The summed E-state index contributed by atoms with van der Waals surface area (Å²) in [6, 6.07) is 0. The number of rotatable bonds is 3. The first-order valence-electron chi connectivity index (χ1n) is 4.72. The van der Waals surface area contributed by atoms with Crippen molar-refractivity contribution in [3.05, 3.63) is 32.2 Å². The number of aromatic nitrogens is 4. The molecule has 88 valence electrons. The summed E-state index contributed by atoms with van der Waals surface area (Å²) in [5.74, 6) is 0.461. The van der Waals surface area contributed by atoms with Gasteiger partial charge in [0.05, 0.1) is 7.05 Å². The van der Waals surface area contributed by atoms with Crippen LogP contribution in [-0.2, 0) is 7.05 Å². The molecular formula is C9H9N5O2S. The quantitative estimate of drug-likeness (QED) is 0.611. The van der Waals surface area contributed by atoms with E-state index in [2.05, 4.69) is 15.2 Å². The molecule has 0 fully saturated rings. The third kappa shape index (κ3) is 2.36. The summed E-state index contributed by atoms with van der Waals surface area (Å²) in [4.78, 5) is 14.1. The van der Waals surface area contributed by atoms with E-state index in [1.165, 1.54) is 22.1 Å². The molecule has 0 saturated heterocycles. The average Bonchev–Trinajstić information content (AvgIpc) is 2.82. The van der Waals surface area contributed by atoms with Crippen LogP contribution in [0.4, 0.5) is 5.82 Å². The van der Waals surface area contributed by atoms with Gasteiger partial charge in [0.1, 0.15) is 16.2 Å². The van der Waals surface area contributed by atoms with E-state index in [9.17, 15) is 10.1 Å². The number of hydrogen-bond acceptors (Lipinski definition) is 6. The summed E-state index contributed by atoms with van der Waals surface area (Å²) in [6.45, 7) is 1.86. The van der Waals surface area contributed by atoms with E-state index in [-0.39, 0.29) is 5.82 Å². The van der Waals surface area contributed by atoms with Crippen molar-refractivity contribution in [1.29, 1.82) is 0 Å². The summed E-state index contributed by atoms with van der Waals surface area (Å²) in [5.41, 5.74) is 0. The number of aryl methyl sites for hydroxylation is 1. The monoisotopic (exact) mass is 251 g/mol. The Kier molecular flexibility index (Phi) is 2.96. The zero-order valence-electron chi connectivity index (χ0n) is 9.19. The lowest BCUT2D eigenvalue weighted by Crippen LogP contribution is -1.98. The molecule has 0 N–H and O–H groups in total. The lowest BCUT2D eigenvalue weighted by Gasteiger charge is -1.93. The van der Waals surface area contributed by atoms with Crippen LogP contribution in [0.2, 0.25) is 0 Å². The fraction of sp³-hybridized carbons (Fsp3) is 0.222. The van der Waals surface area contributed by atoms with Gasteiger partial charge >= 0.3 is 5.82 Å². The summed E-state index contributed by atoms with van der Waals surface area (Å²) < 4.78 is 1.41. The maximum absolute atomic E-state index is 10.6. The molecule has 2 aromatic heterocycles. The summed E-state index contributed by atoms with van der Waals surface area (Å²) in [7, 11) is 1.59. The van der Waals surface area contributed by atoms with Crippen molar-refractivity contribution >= 4 is 29.3 Å². The maximum atomic E-state index is 10.6. The summed E-state index contributed by atoms with van der Waals surface area (Å²) in [6.07, 6.45) is 4.63. The number of nitrogens with zero attached hydrogens (tertiary/aromatic N) is 5. The molecule has 0 aliphatic carbocycles. The fourth-order valence-electron chi connectivity index (χ4n) is 1.26. The SMILES string of the molecule is Cc1nnc(C=Cc2ncc([N+](=O)[O-])n2C)s1. The third-order valence-corrected chi connectivity index (χ3v) is 2.91. The molecule has 0 aliphatic heterocycles. The predicted molar refractivity (Wildman–Crippen MR) is 63.4 cm³/mol. The van der Waals surface area contributed by atoms with Gasteiger partial charge in [0.15, 0.2) is 0 Å². The minimum atomic E-state index is -0.473. The standard InChI is InChI=1S/C9H9N5O2S/c1-6-11-12-8(17-6)4-3-7-10-5-9(13(7)2)14(15)16/h3-5H,1-2H3. The van der Waals surface area contributed by atoms with E-state index in [0.29, 0.717) is 5.82 Å². The molecule has 0 atom stereocenters. The van der Waals surface area contributed by atoms with E-state index in [4.69, 9.17) is 0 Å². The van der Waals surface area contributed by atoms with Crippen molar-refractivity contribution in [2.24, 2.45) is 7.05 Å². The van der Waals surface area contributed by atoms with Crippen molar-refractivity contribution in [2.45, 2.75) is 6.92 Å². The molecule has 0 aromatic carbocycles. The smallest absolute Gasteiger partial charge is 0.342 e. The summed E-state index contributed by atoms with van der Waals surface area (Å²) >= 11 is 1.45. The predicted octanol–water partition coefficient (Wildman–Crippen LogP) is 1.66. The molecule has 17 heavy (non-hydrogen) atoms. The van der Waals surface area contributed by atoms with Crippen molar-refractivity contribution in [3.8, 4) is 0 Å². The lowest BCUT2D eigenvalue weighted by molar-refractivity contribution is -0.391. The number of imidazole rings is 1. The largest absolute Gasteiger partial charge is 0.358 e. The van der Waals surface area contributed by atoms with E-state index >= 15 is 0 Å². The fourth-order valence-corrected chi connectivity index (χ4v) is 1.87. The van der Waals surface area contributed by atoms with E-state index in [0.717, 1.165) is 10.0 Å². The Morgan fingerprint density at radius 2 is 2.24 bits per heavy atom. The van der Waals surface area contributed by atoms with Crippen LogP contribution in [0.25, 0.3) is 12.2 Å². The summed E-state index contributed by atoms with van der Waals surface area (Å²) in [5, 5.41) is 20.0. The second kappa shape index (κ2) is 4.42. The Morgan fingerprint density at radius 1 is 1.47 bits per heavy atom. The molecule has 2 aromatic rings. The minimum Gasteiger partial charge on any atom is -0.358 e. The zero-order valence-corrected chi connectivity index (χ0v) is 10.0. The Balaban J connectivity index is 2.25. The molecule has 0 unspecified atom stereocenters. The van der Waals surface area contributed by atoms with Crippen LogP contribution < -0.4 is 0 Å². The van der Waals surface area contributed by atoms with E-state index < -0.39 is 4.92 Å². The molecule has 8 heteroatoms. The van der Waals surface area contributed by atoms with Gasteiger partial charge in [-0.1, -0.05) is 11.3 Å². The Morgan fingerprint density at radius 3 is 2.76 bits per heavy atom. The molecule has 0 radical (unpaired) electrons. The number of nitro groups is 1. The molecule has 0 aliphatic rings. The molecule has 0 amide bonds. The first kappa shape index (κ1) is 11.4. The normalized spacial score (nSPS) is 11.2. The highest BCUT2D eigenvalue weighted by Gasteiger charge is 2.13. The van der Waals surface area contributed by atoms with Crippen LogP contribution in [0, 0.1) is 17.0 Å². The molecule has 0 bridgehead atoms. The van der Waals surface area contributed by atoms with Crippen molar-refractivity contribution in [1.82, 2.24) is 19.7 Å². The van der Waals surface area contributed by atoms with Gasteiger partial charge in [-0.3, -0.25) is 0 Å². The van der Waals surface area contributed by atoms with Gasteiger partial charge in [-0.05, 0) is 17.9 Å². The molecule has 7 nitrogen and oxygen atoms in total. The lowest BCUT2D eigenvalue weighted by atomic mass is 10.5. The highest BCUT2D eigenvalue weighted by molar-refractivity contribution is 7.12. The van der Waals surface area contributed by atoms with Crippen LogP contribution in [0.5, 0.6) is 0 Å². The minimum absolute atomic E-state index is 0.0434. The van der Waals surface area contributed by atoms with Gasteiger partial charge in [-0.2, -0.15) is 0 Å². The van der Waals surface area contributed by atoms with Gasteiger partial charge in [-0.15, -0.1) is 10.2 Å². The molecular weight excluding hydrogens is 242 g/mol. The molecule has 2 rings (SSSR count). The van der Waals surface area contributed by atoms with Crippen LogP contribution in [0.1, 0.15) is 15.8 Å². The van der Waals surface area contributed by atoms with Crippen LogP contribution in [-0.4, -0.2) is 24.7 Å². The van der Waals surface area contributed by atoms with Gasteiger partial charge in [-0.25, -0.2) is 9.55 Å². The zero-order chi connectivity index (χ0) is 12.4. The second-order valence-corrected chi connectivity index (χ2v) is 4.50. The second-order valence-electron chi connectivity index (χ2n) is 3.28. The topological polar surface area (TPSA) is 86.7 Å². The highest BCUT2D eigenvalue weighted by atomic mass is 32.1. The highest BCUT2D eigenvalue weighted by Crippen LogP contribution is 2.15. The Bertz CT molecular complexity index is 586. The molecule has 2 heterocycles. The van der Waals surface area contributed by atoms with Gasteiger partial charge < -0.3 is 10.1 Å². The van der Waals surface area contributed by atoms with Crippen LogP contribution >= 0.6 is 11.3 Å². The third-order valence-electron chi connectivity index (χ3n) is 2.10. The van der Waals surface area contributed by atoms with Crippen LogP contribution in [0.15, 0.2) is 6.20 Å². The first-order chi connectivity index (χ1) is 8.08. The molecule has 0 saturated carbocycles. The van der Waals surface area contributed by atoms with Crippen molar-refractivity contribution in [2.75, 3.05) is 0 Å². The van der Waals surface area contributed by atoms with Gasteiger partial charge in [0.25, 0.3) is 0 Å². The maximum Gasteiger partial charge on any atom is 0.342 e. The van der Waals surface area contributed by atoms with Crippen LogP contribution in [0.3, 0.4) is 0 Å². The first-order valence-corrected chi connectivity index (χ1v) is 5.54. The van der Waals surface area contributed by atoms with Gasteiger partial charge in [0, 0.05) is 6.08 Å². The van der Waals surface area contributed by atoms with Crippen molar-refractivity contribution in [3.63, 3.8) is 0 Å².